The second-order valence-electron chi connectivity index (χ2n) is 6.69. The molecule has 0 radical (unpaired) electrons. The van der Waals surface area contributed by atoms with Crippen LogP contribution in [-0.4, -0.2) is 38.4 Å². The Hall–Kier alpha value is -1.02. The van der Waals surface area contributed by atoms with Crippen molar-refractivity contribution in [1.82, 2.24) is 10.6 Å². The van der Waals surface area contributed by atoms with E-state index in [4.69, 9.17) is 9.47 Å². The molecule has 0 heterocycles. The van der Waals surface area contributed by atoms with E-state index < -0.39 is 0 Å². The van der Waals surface area contributed by atoms with Crippen molar-refractivity contribution in [3.05, 3.63) is 29.3 Å². The molecule has 1 aromatic carbocycles. The summed E-state index contributed by atoms with van der Waals surface area (Å²) in [6.45, 7) is 11.7. The Morgan fingerprint density at radius 1 is 1.28 bits per heavy atom. The molecule has 0 saturated carbocycles. The Morgan fingerprint density at radius 2 is 1.96 bits per heavy atom. The Balaban J connectivity index is 0.00000576. The second-order valence-corrected chi connectivity index (χ2v) is 6.69. The number of nitrogens with zero attached hydrogens (tertiary/aromatic N) is 1. The number of rotatable bonds is 8. The van der Waals surface area contributed by atoms with E-state index in [0.29, 0.717) is 13.1 Å². The Bertz CT molecular complexity index is 547. The van der Waals surface area contributed by atoms with Crippen LogP contribution in [0.1, 0.15) is 45.2 Å². The van der Waals surface area contributed by atoms with Gasteiger partial charge in [0.2, 0.25) is 0 Å². The smallest absolute Gasteiger partial charge is 0.191 e. The van der Waals surface area contributed by atoms with Gasteiger partial charge in [0.25, 0.3) is 0 Å². The maximum atomic E-state index is 6.05. The maximum Gasteiger partial charge on any atom is 0.191 e. The minimum Gasteiger partial charge on any atom is -0.490 e. The quantitative estimate of drug-likeness (QED) is 0.349. The molecule has 2 N–H and O–H groups in total. The number of hydrogen-bond acceptors (Lipinski definition) is 3. The normalized spacial score (nSPS) is 13.0. The summed E-state index contributed by atoms with van der Waals surface area (Å²) in [4.78, 5) is 4.26. The highest BCUT2D eigenvalue weighted by Gasteiger charge is 2.16. The Kier molecular flexibility index (Phi) is 11.1. The van der Waals surface area contributed by atoms with E-state index in [-0.39, 0.29) is 35.7 Å². The third-order valence-electron chi connectivity index (χ3n) is 4.03. The van der Waals surface area contributed by atoms with Crippen molar-refractivity contribution in [2.45, 2.75) is 59.3 Å². The summed E-state index contributed by atoms with van der Waals surface area (Å²) in [5.41, 5.74) is 2.07. The van der Waals surface area contributed by atoms with Crippen LogP contribution in [0.25, 0.3) is 0 Å². The third-order valence-corrected chi connectivity index (χ3v) is 4.03. The van der Waals surface area contributed by atoms with Crippen LogP contribution in [0.15, 0.2) is 23.2 Å². The zero-order chi connectivity index (χ0) is 18.2. The Morgan fingerprint density at radius 3 is 2.52 bits per heavy atom. The topological polar surface area (TPSA) is 54.9 Å². The average molecular weight is 463 g/mol. The number of nitrogens with one attached hydrogen (secondary N) is 2. The van der Waals surface area contributed by atoms with Crippen molar-refractivity contribution in [2.75, 3.05) is 20.7 Å². The van der Waals surface area contributed by atoms with E-state index >= 15 is 0 Å². The first-order chi connectivity index (χ1) is 11.3. The van der Waals surface area contributed by atoms with Gasteiger partial charge in [-0.2, -0.15) is 0 Å². The summed E-state index contributed by atoms with van der Waals surface area (Å²) in [7, 11) is 3.48. The molecule has 0 aliphatic rings. The lowest BCUT2D eigenvalue weighted by Gasteiger charge is -2.24. The number of halogens is 1. The second kappa shape index (κ2) is 11.6. The van der Waals surface area contributed by atoms with Crippen LogP contribution < -0.4 is 15.4 Å². The zero-order valence-corrected chi connectivity index (χ0v) is 18.9. The SMILES string of the molecule is CCC(C)Oc1cc(C)ccc1CNC(=NC)NCC(C)(C)OC.I. The van der Waals surface area contributed by atoms with Gasteiger partial charge in [0.15, 0.2) is 5.96 Å². The number of methoxy groups -OCH3 is 1. The predicted octanol–water partition coefficient (Wildman–Crippen LogP) is 3.88. The van der Waals surface area contributed by atoms with Gasteiger partial charge < -0.3 is 20.1 Å². The van der Waals surface area contributed by atoms with Gasteiger partial charge in [-0.1, -0.05) is 19.1 Å². The van der Waals surface area contributed by atoms with E-state index in [2.05, 4.69) is 54.6 Å². The molecule has 5 nitrogen and oxygen atoms in total. The van der Waals surface area contributed by atoms with Crippen LogP contribution >= 0.6 is 24.0 Å². The molecule has 1 unspecified atom stereocenters. The number of benzene rings is 1. The molecule has 1 rings (SSSR count). The first kappa shape index (κ1) is 24.0. The van der Waals surface area contributed by atoms with Crippen molar-refractivity contribution in [3.8, 4) is 5.75 Å². The number of guanidine groups is 1. The maximum absolute atomic E-state index is 6.05. The predicted molar refractivity (Wildman–Crippen MR) is 116 cm³/mol. The lowest BCUT2D eigenvalue weighted by Crippen LogP contribution is -2.45. The zero-order valence-electron chi connectivity index (χ0n) is 16.6. The summed E-state index contributed by atoms with van der Waals surface area (Å²) >= 11 is 0. The van der Waals surface area contributed by atoms with E-state index in [9.17, 15) is 0 Å². The fourth-order valence-electron chi connectivity index (χ4n) is 1.99. The van der Waals surface area contributed by atoms with Crippen molar-refractivity contribution in [2.24, 2.45) is 4.99 Å². The largest absolute Gasteiger partial charge is 0.490 e. The highest BCUT2D eigenvalue weighted by Crippen LogP contribution is 2.22. The molecule has 0 fully saturated rings. The van der Waals surface area contributed by atoms with Crippen LogP contribution in [0.5, 0.6) is 5.75 Å². The van der Waals surface area contributed by atoms with Crippen molar-refractivity contribution in [1.29, 1.82) is 0 Å². The van der Waals surface area contributed by atoms with Gasteiger partial charge in [-0.05, 0) is 45.7 Å². The molecule has 144 valence electrons. The molecule has 0 aliphatic heterocycles. The van der Waals surface area contributed by atoms with E-state index in [1.165, 1.54) is 5.56 Å². The minimum absolute atomic E-state index is 0. The molecule has 0 spiro atoms. The molecule has 25 heavy (non-hydrogen) atoms. The van der Waals surface area contributed by atoms with Crippen LogP contribution in [-0.2, 0) is 11.3 Å². The molecule has 0 aliphatic carbocycles. The average Bonchev–Trinajstić information content (AvgIpc) is 2.56. The fraction of sp³-hybridized carbons (Fsp3) is 0.632. The van der Waals surface area contributed by atoms with Gasteiger partial charge in [0, 0.05) is 32.8 Å². The molecule has 0 saturated heterocycles. The van der Waals surface area contributed by atoms with Crippen molar-refractivity contribution >= 4 is 29.9 Å². The molecule has 1 atom stereocenters. The van der Waals surface area contributed by atoms with E-state index in [1.54, 1.807) is 14.2 Å². The van der Waals surface area contributed by atoms with E-state index in [0.717, 1.165) is 23.7 Å². The van der Waals surface area contributed by atoms with Gasteiger partial charge in [-0.15, -0.1) is 24.0 Å². The summed E-state index contributed by atoms with van der Waals surface area (Å²) in [6, 6.07) is 6.30. The third kappa shape index (κ3) is 8.76. The highest BCUT2D eigenvalue weighted by molar-refractivity contribution is 14.0. The number of aliphatic imine (C=N–C) groups is 1. The molecular weight excluding hydrogens is 429 g/mol. The van der Waals surface area contributed by atoms with Gasteiger partial charge in [0.1, 0.15) is 5.75 Å². The molecule has 6 heteroatoms. The number of aryl methyl sites for hydroxylation is 1. The van der Waals surface area contributed by atoms with Gasteiger partial charge in [-0.3, -0.25) is 4.99 Å². The molecule has 0 bridgehead atoms. The molecule has 1 aromatic rings. The van der Waals surface area contributed by atoms with Gasteiger partial charge in [0.05, 0.1) is 11.7 Å². The first-order valence-electron chi connectivity index (χ1n) is 8.57. The summed E-state index contributed by atoms with van der Waals surface area (Å²) in [5.74, 6) is 1.68. The standard InChI is InChI=1S/C19H33N3O2.HI/c1-8-15(3)24-17-11-14(2)9-10-16(17)12-21-18(20-6)22-13-19(4,5)23-7;/h9-11,15H,8,12-13H2,1-7H3,(H2,20,21,22);1H. The van der Waals surface area contributed by atoms with Gasteiger partial charge in [-0.25, -0.2) is 0 Å². The lowest BCUT2D eigenvalue weighted by molar-refractivity contribution is 0.0268. The lowest BCUT2D eigenvalue weighted by atomic mass is 10.1. The summed E-state index contributed by atoms with van der Waals surface area (Å²) < 4.78 is 11.5. The number of hydrogen-bond donors (Lipinski definition) is 2. The molecular formula is C19H34IN3O2. The van der Waals surface area contributed by atoms with Crippen LogP contribution in [0, 0.1) is 6.92 Å². The van der Waals surface area contributed by atoms with Crippen LogP contribution in [0.2, 0.25) is 0 Å². The monoisotopic (exact) mass is 463 g/mol. The van der Waals surface area contributed by atoms with Crippen molar-refractivity contribution in [3.63, 3.8) is 0 Å². The van der Waals surface area contributed by atoms with Crippen molar-refractivity contribution < 1.29 is 9.47 Å². The fourth-order valence-corrected chi connectivity index (χ4v) is 1.99. The summed E-state index contributed by atoms with van der Waals surface area (Å²) in [5, 5.41) is 6.62. The van der Waals surface area contributed by atoms with E-state index in [1.807, 2.05) is 13.8 Å². The Labute approximate surface area is 170 Å². The molecule has 0 aromatic heterocycles. The first-order valence-corrected chi connectivity index (χ1v) is 8.57. The minimum atomic E-state index is -0.244. The van der Waals surface area contributed by atoms with Crippen LogP contribution in [0.3, 0.4) is 0 Å². The highest BCUT2D eigenvalue weighted by atomic mass is 127. The number of ether oxygens (including phenoxy) is 2. The summed E-state index contributed by atoms with van der Waals surface area (Å²) in [6.07, 6.45) is 1.18. The van der Waals surface area contributed by atoms with Gasteiger partial charge >= 0.3 is 0 Å². The molecule has 0 amide bonds. The van der Waals surface area contributed by atoms with Crippen LogP contribution in [0.4, 0.5) is 0 Å².